The number of carbonyl (C=O) groups excluding carboxylic acids is 1. The minimum Gasteiger partial charge on any atom is -0.465 e. The molecule has 3 nitrogen and oxygen atoms in total. The number of allylic oxidation sites excluding steroid dienone is 1. The molecular weight excluding hydrogens is 264 g/mol. The molecular formula is C18H22O3. The summed E-state index contributed by atoms with van der Waals surface area (Å²) in [5.41, 5.74) is 2.87. The van der Waals surface area contributed by atoms with Gasteiger partial charge < -0.3 is 9.47 Å². The van der Waals surface area contributed by atoms with Crippen LogP contribution in [0.3, 0.4) is 0 Å². The number of carbonyl (C=O) groups is 1. The van der Waals surface area contributed by atoms with E-state index < -0.39 is 0 Å². The number of esters is 1. The fourth-order valence-electron chi connectivity index (χ4n) is 2.51. The highest BCUT2D eigenvalue weighted by Crippen LogP contribution is 2.22. The fourth-order valence-corrected chi connectivity index (χ4v) is 2.51. The van der Waals surface area contributed by atoms with Gasteiger partial charge in [-0.05, 0) is 37.3 Å². The van der Waals surface area contributed by atoms with Gasteiger partial charge in [0.1, 0.15) is 0 Å². The molecule has 0 saturated carbocycles. The average Bonchev–Trinajstić information content (AvgIpc) is 2.55. The van der Waals surface area contributed by atoms with Gasteiger partial charge in [0, 0.05) is 0 Å². The predicted molar refractivity (Wildman–Crippen MR) is 83.0 cm³/mol. The van der Waals surface area contributed by atoms with Crippen LogP contribution in [-0.2, 0) is 20.7 Å². The van der Waals surface area contributed by atoms with E-state index in [0.29, 0.717) is 12.2 Å². The number of aryl methyl sites for hydroxylation is 1. The van der Waals surface area contributed by atoms with Gasteiger partial charge in [-0.1, -0.05) is 42.5 Å². The van der Waals surface area contributed by atoms with Gasteiger partial charge in [-0.3, -0.25) is 0 Å². The van der Waals surface area contributed by atoms with Crippen LogP contribution in [0.25, 0.3) is 0 Å². The normalized spacial score (nSPS) is 19.0. The molecule has 0 bridgehead atoms. The first-order chi connectivity index (χ1) is 10.2. The first-order valence-electron chi connectivity index (χ1n) is 7.34. The van der Waals surface area contributed by atoms with Crippen molar-refractivity contribution in [2.75, 3.05) is 13.7 Å². The van der Waals surface area contributed by atoms with Crippen molar-refractivity contribution in [3.05, 3.63) is 59.2 Å². The van der Waals surface area contributed by atoms with E-state index in [-0.39, 0.29) is 12.1 Å². The summed E-state index contributed by atoms with van der Waals surface area (Å²) >= 11 is 0. The Morgan fingerprint density at radius 3 is 2.71 bits per heavy atom. The largest absolute Gasteiger partial charge is 0.465 e. The van der Waals surface area contributed by atoms with Crippen LogP contribution in [0.5, 0.6) is 0 Å². The summed E-state index contributed by atoms with van der Waals surface area (Å²) in [6.07, 6.45) is 6.97. The Balaban J connectivity index is 1.88. The molecule has 0 aliphatic carbocycles. The van der Waals surface area contributed by atoms with E-state index >= 15 is 0 Å². The summed E-state index contributed by atoms with van der Waals surface area (Å²) in [6.45, 7) is 2.32. The van der Waals surface area contributed by atoms with Gasteiger partial charge in [0.2, 0.25) is 0 Å². The van der Waals surface area contributed by atoms with Crippen molar-refractivity contribution >= 4 is 5.97 Å². The molecule has 1 aromatic carbocycles. The van der Waals surface area contributed by atoms with Crippen molar-refractivity contribution < 1.29 is 14.3 Å². The third-order valence-corrected chi connectivity index (χ3v) is 3.74. The van der Waals surface area contributed by atoms with Crippen molar-refractivity contribution in [3.63, 3.8) is 0 Å². The lowest BCUT2D eigenvalue weighted by atomic mass is 9.98. The molecule has 0 spiro atoms. The second-order valence-corrected chi connectivity index (χ2v) is 5.12. The number of benzene rings is 1. The zero-order valence-electron chi connectivity index (χ0n) is 12.7. The summed E-state index contributed by atoms with van der Waals surface area (Å²) in [5, 5.41) is 0. The number of methoxy groups -OCH3 is 1. The number of hydrogen-bond acceptors (Lipinski definition) is 3. The molecule has 2 rings (SSSR count). The van der Waals surface area contributed by atoms with Crippen molar-refractivity contribution in [2.24, 2.45) is 0 Å². The average molecular weight is 286 g/mol. The molecule has 1 atom stereocenters. The Bertz CT molecular complexity index is 529. The van der Waals surface area contributed by atoms with Crippen molar-refractivity contribution in [1.82, 2.24) is 0 Å². The van der Waals surface area contributed by atoms with Gasteiger partial charge in [0.05, 0.1) is 25.4 Å². The SMILES string of the molecule is CC=C(C(=O)OC)C1=CCC(CCc2ccccc2)OC1. The van der Waals surface area contributed by atoms with Crippen LogP contribution in [0.15, 0.2) is 53.6 Å². The summed E-state index contributed by atoms with van der Waals surface area (Å²) in [4.78, 5) is 11.6. The lowest BCUT2D eigenvalue weighted by molar-refractivity contribution is -0.135. The summed E-state index contributed by atoms with van der Waals surface area (Å²) in [6, 6.07) is 10.4. The van der Waals surface area contributed by atoms with Gasteiger partial charge in [-0.15, -0.1) is 0 Å². The number of rotatable bonds is 5. The lowest BCUT2D eigenvalue weighted by Crippen LogP contribution is -2.22. The molecule has 0 saturated heterocycles. The van der Waals surface area contributed by atoms with Crippen LogP contribution in [0.4, 0.5) is 0 Å². The molecule has 0 radical (unpaired) electrons. The second kappa shape index (κ2) is 7.79. The van der Waals surface area contributed by atoms with Crippen LogP contribution >= 0.6 is 0 Å². The van der Waals surface area contributed by atoms with E-state index in [9.17, 15) is 4.79 Å². The fraction of sp³-hybridized carbons (Fsp3) is 0.389. The van der Waals surface area contributed by atoms with E-state index in [1.54, 1.807) is 6.08 Å². The van der Waals surface area contributed by atoms with Gasteiger partial charge in [0.15, 0.2) is 0 Å². The summed E-state index contributed by atoms with van der Waals surface area (Å²) in [7, 11) is 1.40. The minimum atomic E-state index is -0.296. The Morgan fingerprint density at radius 1 is 1.38 bits per heavy atom. The molecule has 21 heavy (non-hydrogen) atoms. The topological polar surface area (TPSA) is 35.5 Å². The Morgan fingerprint density at radius 2 is 2.14 bits per heavy atom. The van der Waals surface area contributed by atoms with Crippen LogP contribution in [0, 0.1) is 0 Å². The summed E-state index contributed by atoms with van der Waals surface area (Å²) in [5.74, 6) is -0.296. The van der Waals surface area contributed by atoms with Crippen molar-refractivity contribution in [1.29, 1.82) is 0 Å². The standard InChI is InChI=1S/C18H22O3/c1-3-17(18(19)20-2)15-10-12-16(21-13-15)11-9-14-7-5-4-6-8-14/h3-8,10,16H,9,11-13H2,1-2H3. The molecule has 0 aromatic heterocycles. The molecule has 1 aliphatic rings. The molecule has 1 aromatic rings. The molecule has 0 fully saturated rings. The third-order valence-electron chi connectivity index (χ3n) is 3.74. The zero-order chi connectivity index (χ0) is 15.1. The Hall–Kier alpha value is -1.87. The van der Waals surface area contributed by atoms with Crippen LogP contribution in [0.2, 0.25) is 0 Å². The summed E-state index contributed by atoms with van der Waals surface area (Å²) < 4.78 is 10.7. The first kappa shape index (κ1) is 15.5. The molecule has 3 heteroatoms. The van der Waals surface area contributed by atoms with E-state index in [0.717, 1.165) is 24.8 Å². The third kappa shape index (κ3) is 4.30. The predicted octanol–water partition coefficient (Wildman–Crippen LogP) is 3.45. The van der Waals surface area contributed by atoms with Crippen LogP contribution < -0.4 is 0 Å². The molecule has 0 N–H and O–H groups in total. The maximum atomic E-state index is 11.6. The van der Waals surface area contributed by atoms with E-state index in [1.165, 1.54) is 12.7 Å². The quantitative estimate of drug-likeness (QED) is 0.614. The monoisotopic (exact) mass is 286 g/mol. The first-order valence-corrected chi connectivity index (χ1v) is 7.34. The molecule has 1 heterocycles. The van der Waals surface area contributed by atoms with Gasteiger partial charge in [-0.25, -0.2) is 4.79 Å². The van der Waals surface area contributed by atoms with E-state index in [1.807, 2.05) is 13.0 Å². The highest BCUT2D eigenvalue weighted by atomic mass is 16.5. The lowest BCUT2D eigenvalue weighted by Gasteiger charge is -2.23. The maximum Gasteiger partial charge on any atom is 0.337 e. The van der Waals surface area contributed by atoms with Crippen LogP contribution in [0.1, 0.15) is 25.3 Å². The number of hydrogen-bond donors (Lipinski definition) is 0. The highest BCUT2D eigenvalue weighted by Gasteiger charge is 2.20. The molecule has 112 valence electrons. The van der Waals surface area contributed by atoms with E-state index in [4.69, 9.17) is 9.47 Å². The molecule has 1 unspecified atom stereocenters. The van der Waals surface area contributed by atoms with Gasteiger partial charge in [0.25, 0.3) is 0 Å². The Labute approximate surface area is 126 Å². The smallest absolute Gasteiger partial charge is 0.337 e. The molecule has 1 aliphatic heterocycles. The van der Waals surface area contributed by atoms with E-state index in [2.05, 4.69) is 30.3 Å². The number of ether oxygens (including phenoxy) is 2. The van der Waals surface area contributed by atoms with Gasteiger partial charge >= 0.3 is 5.97 Å². The van der Waals surface area contributed by atoms with Gasteiger partial charge in [-0.2, -0.15) is 0 Å². The molecule has 0 amide bonds. The zero-order valence-corrected chi connectivity index (χ0v) is 12.7. The minimum absolute atomic E-state index is 0.227. The van der Waals surface area contributed by atoms with Crippen molar-refractivity contribution in [2.45, 2.75) is 32.3 Å². The second-order valence-electron chi connectivity index (χ2n) is 5.12. The highest BCUT2D eigenvalue weighted by molar-refractivity contribution is 5.93. The maximum absolute atomic E-state index is 11.6. The van der Waals surface area contributed by atoms with Crippen molar-refractivity contribution in [3.8, 4) is 0 Å². The van der Waals surface area contributed by atoms with Crippen LogP contribution in [-0.4, -0.2) is 25.8 Å². The Kier molecular flexibility index (Phi) is 5.76.